The molecule has 0 atom stereocenters. The minimum Gasteiger partial charge on any atom is -0.309 e. The minimum atomic E-state index is -1.75. The van der Waals surface area contributed by atoms with Crippen LogP contribution < -0.4 is 16.4 Å². The molecule has 19 aromatic rings. The van der Waals surface area contributed by atoms with Gasteiger partial charge < -0.3 is 18.3 Å². The highest BCUT2D eigenvalue weighted by molar-refractivity contribution is 7.00. The van der Waals surface area contributed by atoms with Gasteiger partial charge in [0.15, 0.2) is 0 Å². The van der Waals surface area contributed by atoms with E-state index in [4.69, 9.17) is 0 Å². The molecule has 4 aromatic heterocycles. The van der Waals surface area contributed by atoms with Crippen LogP contribution >= 0.6 is 0 Å². The number of nitrogens with zero attached hydrogens (tertiary/aromatic N) is 4. The van der Waals surface area contributed by atoms with Gasteiger partial charge in [-0.2, -0.15) is 0 Å². The SMILES string of the molecule is [2H]c1c2c3c(c([2H])c1C(C)(C)C)-n1c4c(-c5ccccc5)cc(C(C)(C)C)cc4c4ccccc4c4ccccc4c4c(-n5c6c([2H])c([2H])c([2H])c([2H])c6c6c([2H])c([2H])c([2H])c([2H])c65)c([2H])c([2H])c(c41)B3c1c([2H])c([2H])c(-n3c4c([2H])c([2H])c([2H])c([2H])c4c4c([2H])c([2H])c([2H])c([2H])c43)c3c4ccccc4c4ccccc4c4cc(C(C)(C)C)cc(-c5ccccc5)c4n-2c13. The maximum atomic E-state index is 12.1. The highest BCUT2D eigenvalue weighted by Crippen LogP contribution is 2.49. The van der Waals surface area contributed by atoms with Crippen molar-refractivity contribution >= 4 is 153 Å². The fraction of sp³-hybridized carbons (Fsp3) is 0.118. The molecule has 0 radical (unpaired) electrons. The van der Waals surface area contributed by atoms with Gasteiger partial charge in [-0.25, -0.2) is 0 Å². The average molecular weight is 1390 g/mol. The Labute approximate surface area is 654 Å². The predicted molar refractivity (Wildman–Crippen MR) is 461 cm³/mol. The molecule has 15 aromatic carbocycles. The molecule has 107 heavy (non-hydrogen) atoms. The third-order valence-corrected chi connectivity index (χ3v) is 22.1. The van der Waals surface area contributed by atoms with Crippen molar-refractivity contribution in [1.29, 1.82) is 0 Å². The van der Waals surface area contributed by atoms with Crippen LogP contribution in [-0.2, 0) is 16.2 Å². The van der Waals surface area contributed by atoms with Crippen molar-refractivity contribution in [2.75, 3.05) is 0 Å². The average Bonchev–Trinajstić information content (AvgIpc) is 1.60. The number of aromatic nitrogens is 4. The number of benzene rings is 15. The fourth-order valence-electron chi connectivity index (χ4n) is 17.1. The van der Waals surface area contributed by atoms with Gasteiger partial charge in [-0.3, -0.25) is 0 Å². The molecule has 2 aliphatic heterocycles. The van der Waals surface area contributed by atoms with E-state index in [1.54, 1.807) is 12.1 Å². The van der Waals surface area contributed by atoms with Crippen LogP contribution in [-0.4, -0.2) is 25.0 Å². The Hall–Kier alpha value is -12.4. The maximum Gasteiger partial charge on any atom is 0.252 e. The van der Waals surface area contributed by atoms with Crippen molar-refractivity contribution in [1.82, 2.24) is 18.3 Å². The van der Waals surface area contributed by atoms with Crippen LogP contribution in [0.1, 0.15) is 109 Å². The van der Waals surface area contributed by atoms with E-state index < -0.39 is 144 Å². The van der Waals surface area contributed by atoms with Crippen molar-refractivity contribution in [3.63, 3.8) is 0 Å². The Kier molecular flexibility index (Phi) is 9.56. The summed E-state index contributed by atoms with van der Waals surface area (Å²) in [6.45, 7) is 16.7. The van der Waals surface area contributed by atoms with Crippen LogP contribution in [0.15, 0.2) is 315 Å². The molecule has 21 rings (SSSR count). The van der Waals surface area contributed by atoms with Gasteiger partial charge in [-0.1, -0.05) is 305 Å². The molecule has 0 saturated carbocycles. The standard InChI is InChI=1S/C102H79BN4/c1-100(2,3)64-56-79(62-32-12-10-13-33-62)96-81(58-64)71-40-18-16-36-67(71)69-38-20-22-46-77(69)93-89(104-85-48-28-24-42-73(85)74-43-25-29-49-86(74)104)54-52-83-98(93)106(96)91-60-66(102(7,8)9)61-92-95(91)103(83)84-53-55-90(105-87-50-30-26-44-75(87)76-45-27-31-51-88(76)105)94-78-47-23-21-39-70(78)68-37-17-19-41-72(68)82-59-65(101(4,5)6)57-80(63-34-14-11-15-35-63)97(82)107(92)99(84)94/h10-61H,1-9H3/i24D,25D,26D,27D,28D,29D,30D,31D,42D,43D,44D,45D,48D,49D,50D,51D,52D,53D,54D,55D,60D,61D. The molecule has 0 bridgehead atoms. The molecule has 5 heteroatoms. The van der Waals surface area contributed by atoms with Gasteiger partial charge >= 0.3 is 0 Å². The monoisotopic (exact) mass is 1390 g/mol. The number of para-hydroxylation sites is 4. The summed E-state index contributed by atoms with van der Waals surface area (Å²) in [4.78, 5) is 0. The van der Waals surface area contributed by atoms with E-state index >= 15 is 0 Å². The van der Waals surface area contributed by atoms with Crippen LogP contribution in [0, 0.1) is 0 Å². The van der Waals surface area contributed by atoms with Crippen LogP contribution in [0.4, 0.5) is 0 Å². The fourth-order valence-corrected chi connectivity index (χ4v) is 17.1. The second kappa shape index (κ2) is 23.0. The van der Waals surface area contributed by atoms with Gasteiger partial charge in [0.2, 0.25) is 0 Å². The van der Waals surface area contributed by atoms with Gasteiger partial charge in [0.25, 0.3) is 6.71 Å². The summed E-state index contributed by atoms with van der Waals surface area (Å²) in [6, 6.07) is 44.2. The molecular weight excluding hydrogens is 1290 g/mol. The van der Waals surface area contributed by atoms with E-state index in [1.807, 2.05) is 175 Å². The first-order valence-electron chi connectivity index (χ1n) is 47.2. The van der Waals surface area contributed by atoms with Crippen LogP contribution in [0.3, 0.4) is 0 Å². The first-order valence-corrected chi connectivity index (χ1v) is 36.2. The lowest BCUT2D eigenvalue weighted by Crippen LogP contribution is -2.60. The number of hydrogen-bond donors (Lipinski definition) is 0. The molecule has 0 fully saturated rings. The molecule has 0 unspecified atom stereocenters. The quantitative estimate of drug-likeness (QED) is 0.157. The van der Waals surface area contributed by atoms with E-state index in [9.17, 15) is 30.2 Å². The molecule has 4 nitrogen and oxygen atoms in total. The van der Waals surface area contributed by atoms with Crippen LogP contribution in [0.2, 0.25) is 0 Å². The van der Waals surface area contributed by atoms with E-state index in [-0.39, 0.29) is 122 Å². The zero-order chi connectivity index (χ0) is 91.2. The lowest BCUT2D eigenvalue weighted by Gasteiger charge is -2.38. The van der Waals surface area contributed by atoms with Gasteiger partial charge in [-0.15, -0.1) is 0 Å². The van der Waals surface area contributed by atoms with E-state index in [2.05, 4.69) is 65.8 Å². The topological polar surface area (TPSA) is 19.7 Å². The van der Waals surface area contributed by atoms with Gasteiger partial charge in [0, 0.05) is 65.6 Å². The van der Waals surface area contributed by atoms with Crippen LogP contribution in [0.5, 0.6) is 0 Å². The molecule has 2 aliphatic rings. The third kappa shape index (κ3) is 9.23. The first-order chi connectivity index (χ1) is 61.2. The van der Waals surface area contributed by atoms with Crippen molar-refractivity contribution < 1.29 is 30.2 Å². The highest BCUT2D eigenvalue weighted by Gasteiger charge is 2.43. The van der Waals surface area contributed by atoms with E-state index in [0.29, 0.717) is 87.1 Å². The second-order valence-corrected chi connectivity index (χ2v) is 31.4. The lowest BCUT2D eigenvalue weighted by molar-refractivity contribution is 0.589. The molecule has 0 saturated heterocycles. The normalized spacial score (nSPS) is 15.8. The van der Waals surface area contributed by atoms with Crippen molar-refractivity contribution in [2.45, 2.75) is 78.6 Å². The zero-order valence-corrected chi connectivity index (χ0v) is 60.2. The molecule has 6 heterocycles. The van der Waals surface area contributed by atoms with Gasteiger partial charge in [0.05, 0.1) is 85.7 Å². The molecule has 510 valence electrons. The second-order valence-electron chi connectivity index (χ2n) is 31.4. The summed E-state index contributed by atoms with van der Waals surface area (Å²) in [5, 5.41) is 4.26. The Morgan fingerprint density at radius 2 is 0.561 bits per heavy atom. The molecule has 0 amide bonds. The maximum absolute atomic E-state index is 12.1. The van der Waals surface area contributed by atoms with E-state index in [1.165, 1.54) is 9.13 Å². The zero-order valence-electron chi connectivity index (χ0n) is 82.2. The van der Waals surface area contributed by atoms with Crippen molar-refractivity contribution in [2.24, 2.45) is 0 Å². The lowest BCUT2D eigenvalue weighted by atomic mass is 9.34. The summed E-state index contributed by atoms with van der Waals surface area (Å²) in [6.07, 6.45) is 0. The number of hydrogen-bond acceptors (Lipinski definition) is 0. The van der Waals surface area contributed by atoms with Crippen LogP contribution in [0.25, 0.3) is 175 Å². The number of fused-ring (bicyclic) bond motifs is 24. The van der Waals surface area contributed by atoms with Gasteiger partial charge in [0.1, 0.15) is 0 Å². The van der Waals surface area contributed by atoms with E-state index in [0.717, 1.165) is 11.1 Å². The summed E-state index contributed by atoms with van der Waals surface area (Å²) < 4.78 is 235. The smallest absolute Gasteiger partial charge is 0.252 e. The Bertz CT molecular complexity index is 8000. The predicted octanol–water partition coefficient (Wildman–Crippen LogP) is 25.3. The number of rotatable bonds is 4. The summed E-state index contributed by atoms with van der Waals surface area (Å²) in [7, 11) is 0. The van der Waals surface area contributed by atoms with Crippen molar-refractivity contribution in [3.05, 3.63) is 332 Å². The summed E-state index contributed by atoms with van der Waals surface area (Å²) >= 11 is 0. The molecular formula is C102H79BN4. The van der Waals surface area contributed by atoms with Crippen molar-refractivity contribution in [3.8, 4) is 45.0 Å². The summed E-state index contributed by atoms with van der Waals surface area (Å²) in [5.41, 5.74) is 0.999. The minimum absolute atomic E-state index is 0.0396. The third-order valence-electron chi connectivity index (χ3n) is 22.1. The first kappa shape index (κ1) is 44.4. The van der Waals surface area contributed by atoms with Gasteiger partial charge in [-0.05, 0) is 176 Å². The Balaban J connectivity index is 1.19. The Morgan fingerprint density at radius 3 is 0.897 bits per heavy atom. The molecule has 0 spiro atoms. The molecule has 0 aliphatic carbocycles. The Morgan fingerprint density at radius 1 is 0.262 bits per heavy atom. The highest BCUT2D eigenvalue weighted by atomic mass is 15.1. The molecule has 0 N–H and O–H groups in total. The largest absolute Gasteiger partial charge is 0.309 e. The summed E-state index contributed by atoms with van der Waals surface area (Å²) in [5.74, 6) is 0.